The van der Waals surface area contributed by atoms with Crippen molar-refractivity contribution in [1.29, 1.82) is 0 Å². The molecule has 1 aliphatic heterocycles. The Hall–Kier alpha value is -0.150. The molecule has 0 N–H and O–H groups in total. The summed E-state index contributed by atoms with van der Waals surface area (Å²) in [4.78, 5) is 0.972. The quantitative estimate of drug-likeness (QED) is 0.425. The smallest absolute Gasteiger partial charge is 0.225 e. The number of hydrogen-bond donors (Lipinski definition) is 1. The van der Waals surface area contributed by atoms with Gasteiger partial charge in [-0.1, -0.05) is 0 Å². The summed E-state index contributed by atoms with van der Waals surface area (Å²) in [6.07, 6.45) is 0. The highest BCUT2D eigenvalue weighted by molar-refractivity contribution is 7.80. The third-order valence-corrected chi connectivity index (χ3v) is 2.19. The maximum atomic E-state index is 4.92. The molecule has 0 spiro atoms. The molecule has 2 heterocycles. The lowest BCUT2D eigenvalue weighted by Gasteiger charge is -1.73. The van der Waals surface area contributed by atoms with Crippen LogP contribution < -0.4 is 4.74 Å². The molecule has 2 rings (SSSR count). The van der Waals surface area contributed by atoms with Crippen LogP contribution in [-0.4, -0.2) is 0 Å². The zero-order chi connectivity index (χ0) is 4.85. The highest BCUT2D eigenvalue weighted by Crippen LogP contribution is 2.55. The van der Waals surface area contributed by atoms with Crippen LogP contribution in [0.4, 0.5) is 0 Å². The van der Waals surface area contributed by atoms with E-state index in [1.165, 1.54) is 0 Å². The normalized spacial score (nSPS) is 12.7. The van der Waals surface area contributed by atoms with Gasteiger partial charge in [0.2, 0.25) is 5.06 Å². The van der Waals surface area contributed by atoms with Crippen molar-refractivity contribution in [2.45, 2.75) is 4.90 Å². The molecule has 0 aliphatic carbocycles. The maximum absolute atomic E-state index is 4.92. The van der Waals surface area contributed by atoms with Crippen LogP contribution in [0.5, 0.6) is 10.8 Å². The molecule has 1 nitrogen and oxygen atoms in total. The third kappa shape index (κ3) is 0.393. The van der Waals surface area contributed by atoms with E-state index in [1.54, 1.807) is 11.3 Å². The second-order valence-corrected chi connectivity index (χ2v) is 2.66. The predicted molar refractivity (Wildman–Crippen MR) is 31.6 cm³/mol. The van der Waals surface area contributed by atoms with Crippen molar-refractivity contribution >= 4 is 24.0 Å². The Labute approximate surface area is 50.3 Å². The maximum Gasteiger partial charge on any atom is 0.225 e. The molecule has 0 atom stereocenters. The lowest BCUT2D eigenvalue weighted by atomic mass is 10.7. The fourth-order valence-electron chi connectivity index (χ4n) is 0.464. The van der Waals surface area contributed by atoms with Gasteiger partial charge in [0.1, 0.15) is 0 Å². The Morgan fingerprint density at radius 2 is 2.57 bits per heavy atom. The average Bonchev–Trinajstić information content (AvgIpc) is 2.33. The molecule has 0 amide bonds. The molecular weight excluding hydrogens is 128 g/mol. The van der Waals surface area contributed by atoms with E-state index in [9.17, 15) is 0 Å². The molecule has 1 aliphatic rings. The van der Waals surface area contributed by atoms with Gasteiger partial charge < -0.3 is 4.74 Å². The van der Waals surface area contributed by atoms with Crippen LogP contribution in [0.25, 0.3) is 0 Å². The second kappa shape index (κ2) is 0.980. The highest BCUT2D eigenvalue weighted by Gasteiger charge is 2.25. The molecule has 1 aromatic heterocycles. The summed E-state index contributed by atoms with van der Waals surface area (Å²) >= 11 is 5.68. The van der Waals surface area contributed by atoms with Gasteiger partial charge in [0.25, 0.3) is 0 Å². The number of thiol groups is 1. The number of ether oxygens (including phenoxy) is 1. The molecule has 36 valence electrons. The molecule has 0 saturated carbocycles. The van der Waals surface area contributed by atoms with Gasteiger partial charge in [-0.2, -0.15) is 0 Å². The summed E-state index contributed by atoms with van der Waals surface area (Å²) in [5.41, 5.74) is 0. The van der Waals surface area contributed by atoms with E-state index < -0.39 is 0 Å². The summed E-state index contributed by atoms with van der Waals surface area (Å²) in [5, 5.41) is 3.00. The van der Waals surface area contributed by atoms with Gasteiger partial charge in [-0.05, 0) is 0 Å². The minimum Gasteiger partial charge on any atom is -0.437 e. The van der Waals surface area contributed by atoms with Crippen molar-refractivity contribution < 1.29 is 4.74 Å². The van der Waals surface area contributed by atoms with Gasteiger partial charge in [-0.3, -0.25) is 0 Å². The lowest BCUT2D eigenvalue weighted by Crippen LogP contribution is -1.49. The average molecular weight is 130 g/mol. The minimum atomic E-state index is 0.972. The van der Waals surface area contributed by atoms with Gasteiger partial charge in [0.05, 0.1) is 4.90 Å². The predicted octanol–water partition coefficient (Wildman–Crippen LogP) is 2.14. The van der Waals surface area contributed by atoms with E-state index in [0.717, 1.165) is 15.7 Å². The SMILES string of the molecule is Sc1csc2c1O2. The van der Waals surface area contributed by atoms with Crippen LogP contribution in [-0.2, 0) is 0 Å². The van der Waals surface area contributed by atoms with Crippen LogP contribution in [0.2, 0.25) is 0 Å². The first-order chi connectivity index (χ1) is 3.38. The zero-order valence-electron chi connectivity index (χ0n) is 3.34. The van der Waals surface area contributed by atoms with E-state index in [2.05, 4.69) is 12.6 Å². The van der Waals surface area contributed by atoms with Crippen molar-refractivity contribution in [2.75, 3.05) is 0 Å². The van der Waals surface area contributed by atoms with Crippen LogP contribution >= 0.6 is 24.0 Å². The van der Waals surface area contributed by atoms with Crippen LogP contribution in [0, 0.1) is 0 Å². The Morgan fingerprint density at radius 3 is 2.71 bits per heavy atom. The monoisotopic (exact) mass is 130 g/mol. The van der Waals surface area contributed by atoms with Gasteiger partial charge >= 0.3 is 0 Å². The topological polar surface area (TPSA) is 12.5 Å². The van der Waals surface area contributed by atoms with E-state index in [4.69, 9.17) is 4.74 Å². The molecule has 3 heteroatoms. The fourth-order valence-corrected chi connectivity index (χ4v) is 1.52. The van der Waals surface area contributed by atoms with Gasteiger partial charge in [-0.15, -0.1) is 24.0 Å². The first-order valence-electron chi connectivity index (χ1n) is 1.86. The second-order valence-electron chi connectivity index (χ2n) is 1.34. The summed E-state index contributed by atoms with van der Waals surface area (Å²) in [5.74, 6) is 0.980. The molecule has 0 radical (unpaired) electrons. The van der Waals surface area contributed by atoms with Gasteiger partial charge in [-0.25, -0.2) is 0 Å². The molecule has 0 fully saturated rings. The van der Waals surface area contributed by atoms with Crippen molar-refractivity contribution in [3.8, 4) is 10.8 Å². The number of hydrogen-bond acceptors (Lipinski definition) is 3. The van der Waals surface area contributed by atoms with Crippen molar-refractivity contribution in [3.05, 3.63) is 5.38 Å². The Bertz CT molecular complexity index is 203. The molecule has 0 unspecified atom stereocenters. The molecule has 1 aromatic rings. The van der Waals surface area contributed by atoms with Crippen LogP contribution in [0.3, 0.4) is 0 Å². The highest BCUT2D eigenvalue weighted by atomic mass is 32.1. The number of thiophene rings is 1. The van der Waals surface area contributed by atoms with Crippen molar-refractivity contribution in [3.63, 3.8) is 0 Å². The Balaban J connectivity index is 2.76. The molecule has 0 aromatic carbocycles. The lowest BCUT2D eigenvalue weighted by molar-refractivity contribution is 0.646. The number of rotatable bonds is 0. The van der Waals surface area contributed by atoms with Crippen LogP contribution in [0.15, 0.2) is 10.3 Å². The van der Waals surface area contributed by atoms with Gasteiger partial charge in [0, 0.05) is 5.38 Å². The van der Waals surface area contributed by atoms with E-state index in [0.29, 0.717) is 0 Å². The molecule has 7 heavy (non-hydrogen) atoms. The van der Waals surface area contributed by atoms with Gasteiger partial charge in [0.15, 0.2) is 5.75 Å². The van der Waals surface area contributed by atoms with Crippen LogP contribution in [0.1, 0.15) is 0 Å². The largest absolute Gasteiger partial charge is 0.437 e. The summed E-state index contributed by atoms with van der Waals surface area (Å²) in [7, 11) is 0. The first-order valence-corrected chi connectivity index (χ1v) is 3.19. The van der Waals surface area contributed by atoms with E-state index in [-0.39, 0.29) is 0 Å². The summed E-state index contributed by atoms with van der Waals surface area (Å²) < 4.78 is 4.92. The zero-order valence-corrected chi connectivity index (χ0v) is 5.05. The summed E-state index contributed by atoms with van der Waals surface area (Å²) in [6, 6.07) is 0. The third-order valence-electron chi connectivity index (χ3n) is 0.849. The Kier molecular flexibility index (Phi) is 0.533. The van der Waals surface area contributed by atoms with E-state index >= 15 is 0 Å². The molecular formula is C4H2OS2. The standard InChI is InChI=1S/C4H2OS2/c6-2-1-7-4-3(2)5-4/h1,6H. The van der Waals surface area contributed by atoms with Crippen molar-refractivity contribution in [2.24, 2.45) is 0 Å². The number of fused-ring (bicyclic) bond motifs is 1. The van der Waals surface area contributed by atoms with E-state index in [1.807, 2.05) is 5.38 Å². The molecule has 0 bridgehead atoms. The Morgan fingerprint density at radius 1 is 1.71 bits per heavy atom. The first kappa shape index (κ1) is 3.80. The van der Waals surface area contributed by atoms with Crippen molar-refractivity contribution in [1.82, 2.24) is 0 Å². The fraction of sp³-hybridized carbons (Fsp3) is 0. The molecule has 0 saturated heterocycles. The summed E-state index contributed by atoms with van der Waals surface area (Å²) in [6.45, 7) is 0. The minimum absolute atomic E-state index is 0.972.